The van der Waals surface area contributed by atoms with Crippen molar-refractivity contribution in [2.75, 3.05) is 7.11 Å². The molecule has 0 aliphatic carbocycles. The number of nitrogens with one attached hydrogen (secondary N) is 2. The monoisotopic (exact) mass is 692 g/mol. The van der Waals surface area contributed by atoms with Gasteiger partial charge in [0.2, 0.25) is 0 Å². The van der Waals surface area contributed by atoms with Crippen LogP contribution in [0.15, 0.2) is 121 Å². The lowest BCUT2D eigenvalue weighted by Crippen LogP contribution is -1.90. The van der Waals surface area contributed by atoms with Crippen LogP contribution in [-0.4, -0.2) is 42.4 Å². The number of hydrogen-bond donors (Lipinski definition) is 5. The molecule has 0 saturated carbocycles. The van der Waals surface area contributed by atoms with Crippen molar-refractivity contribution in [1.29, 1.82) is 0 Å². The molecule has 0 fully saturated rings. The number of H-pyrrole nitrogens is 2. The van der Waals surface area contributed by atoms with Crippen molar-refractivity contribution in [3.8, 4) is 67.5 Å². The van der Waals surface area contributed by atoms with E-state index in [1.807, 2.05) is 109 Å². The van der Waals surface area contributed by atoms with E-state index in [0.29, 0.717) is 22.8 Å². The minimum absolute atomic E-state index is 0.134. The molecule has 8 heteroatoms. The van der Waals surface area contributed by atoms with E-state index in [4.69, 9.17) is 14.7 Å². The Morgan fingerprint density at radius 3 is 1.06 bits per heavy atom. The van der Waals surface area contributed by atoms with Gasteiger partial charge in [-0.15, -0.1) is 0 Å². The summed E-state index contributed by atoms with van der Waals surface area (Å²) < 4.78 is 5.64. The number of methoxy groups -OCH3 is 1. The molecule has 0 saturated heterocycles. The average molecular weight is 693 g/mol. The Balaban J connectivity index is 1.48. The molecule has 256 valence electrons. The van der Waals surface area contributed by atoms with Crippen LogP contribution in [0.25, 0.3) is 90.9 Å². The number of aromatic hydroxyl groups is 3. The summed E-state index contributed by atoms with van der Waals surface area (Å²) in [5, 5.41) is 31.8. The second kappa shape index (κ2) is 12.8. The molecule has 0 atom stereocenters. The van der Waals surface area contributed by atoms with Crippen molar-refractivity contribution in [2.24, 2.45) is 0 Å². The summed E-state index contributed by atoms with van der Waals surface area (Å²) >= 11 is 0. The van der Waals surface area contributed by atoms with Crippen LogP contribution in [0.5, 0.6) is 23.0 Å². The molecule has 0 spiro atoms. The number of aromatic nitrogens is 4. The number of hydrogen-bond acceptors (Lipinski definition) is 6. The first kappa shape index (κ1) is 31.6. The van der Waals surface area contributed by atoms with Gasteiger partial charge in [0.1, 0.15) is 23.0 Å². The first-order valence-electron chi connectivity index (χ1n) is 17.1. The van der Waals surface area contributed by atoms with E-state index in [1.165, 1.54) is 0 Å². The van der Waals surface area contributed by atoms with E-state index in [2.05, 4.69) is 9.97 Å². The van der Waals surface area contributed by atoms with Crippen molar-refractivity contribution >= 4 is 46.4 Å². The van der Waals surface area contributed by atoms with Gasteiger partial charge in [-0.2, -0.15) is 0 Å². The second-order valence-electron chi connectivity index (χ2n) is 12.9. The van der Waals surface area contributed by atoms with E-state index < -0.39 is 0 Å². The minimum Gasteiger partial charge on any atom is -0.508 e. The van der Waals surface area contributed by atoms with E-state index >= 15 is 0 Å². The molecular weight excluding hydrogens is 661 g/mol. The lowest BCUT2D eigenvalue weighted by molar-refractivity contribution is 0.415. The van der Waals surface area contributed by atoms with Crippen LogP contribution in [-0.2, 0) is 0 Å². The Morgan fingerprint density at radius 1 is 0.415 bits per heavy atom. The van der Waals surface area contributed by atoms with Crippen LogP contribution in [0.2, 0.25) is 0 Å². The zero-order valence-corrected chi connectivity index (χ0v) is 28.5. The largest absolute Gasteiger partial charge is 0.508 e. The fourth-order valence-electron chi connectivity index (χ4n) is 7.18. The Kier molecular flexibility index (Phi) is 7.63. The Bertz CT molecular complexity index is 2780. The van der Waals surface area contributed by atoms with Crippen LogP contribution in [0.1, 0.15) is 22.8 Å². The van der Waals surface area contributed by atoms with Crippen molar-refractivity contribution < 1.29 is 20.1 Å². The molecule has 0 unspecified atom stereocenters. The highest BCUT2D eigenvalue weighted by Crippen LogP contribution is 2.40. The van der Waals surface area contributed by atoms with E-state index in [0.717, 1.165) is 72.3 Å². The quantitative estimate of drug-likeness (QED) is 0.122. The molecule has 8 nitrogen and oxygen atoms in total. The highest BCUT2D eigenvalue weighted by Gasteiger charge is 2.19. The Morgan fingerprint density at radius 2 is 0.736 bits per heavy atom. The number of rotatable bonds is 5. The third-order valence-electron chi connectivity index (χ3n) is 9.52. The number of ether oxygens (including phenoxy) is 1. The maximum Gasteiger partial charge on any atom is 0.119 e. The van der Waals surface area contributed by atoms with Crippen molar-refractivity contribution in [3.63, 3.8) is 0 Å². The van der Waals surface area contributed by atoms with Gasteiger partial charge >= 0.3 is 0 Å². The molecule has 5 N–H and O–H groups in total. The zero-order chi connectivity index (χ0) is 36.1. The molecule has 7 aromatic rings. The number of fused-ring (bicyclic) bond motifs is 8. The SMILES string of the molecule is COc1cccc(-c2c3nc(c(-c4cccc(O)c4)c4ccc([nH]4)c(-c4cccc(O)c4)c4nc(c(-c5cccc(O)c5)c5ccc2[nH]5)C=C4)C=C3)c1. The molecule has 4 aromatic carbocycles. The second-order valence-corrected chi connectivity index (χ2v) is 12.9. The van der Waals surface area contributed by atoms with Crippen molar-refractivity contribution in [3.05, 3.63) is 144 Å². The lowest BCUT2D eigenvalue weighted by Gasteiger charge is -2.08. The molecule has 0 radical (unpaired) electrons. The Labute approximate surface area is 304 Å². The molecule has 2 aliphatic rings. The first-order valence-corrected chi connectivity index (χ1v) is 17.1. The summed E-state index contributed by atoms with van der Waals surface area (Å²) in [6.07, 6.45) is 7.94. The van der Waals surface area contributed by atoms with Crippen LogP contribution >= 0.6 is 0 Å². The fourth-order valence-corrected chi connectivity index (χ4v) is 7.18. The maximum atomic E-state index is 10.6. The number of phenols is 3. The third-order valence-corrected chi connectivity index (χ3v) is 9.52. The first-order chi connectivity index (χ1) is 25.9. The van der Waals surface area contributed by atoms with E-state index in [1.54, 1.807) is 43.5 Å². The van der Waals surface area contributed by atoms with Crippen molar-refractivity contribution in [1.82, 2.24) is 19.9 Å². The molecule has 0 amide bonds. The van der Waals surface area contributed by atoms with Crippen LogP contribution in [0.3, 0.4) is 0 Å². The molecule has 9 rings (SSSR count). The van der Waals surface area contributed by atoms with Crippen LogP contribution < -0.4 is 4.74 Å². The molecular formula is C45H32N4O4. The van der Waals surface area contributed by atoms with Crippen LogP contribution in [0.4, 0.5) is 0 Å². The number of benzene rings is 4. The fraction of sp³-hybridized carbons (Fsp3) is 0.0222. The number of aromatic amines is 2. The summed E-state index contributed by atoms with van der Waals surface area (Å²) in [6, 6.07) is 37.4. The maximum absolute atomic E-state index is 10.6. The summed E-state index contributed by atoms with van der Waals surface area (Å²) in [5.41, 5.74) is 12.5. The standard InChI is InChI=1S/C45H32N4O4/c1-53-33-13-5-9-29(25-33)45-40-20-18-38(48-40)43(27-7-3-11-31(51)23-27)36-16-14-34(46-36)42(26-6-2-10-30(50)22-26)35-15-17-37(47-35)44(39-19-21-41(45)49-39)28-8-4-12-32(52)24-28/h2-25,46,49-52H,1H3. The predicted octanol–water partition coefficient (Wildman–Crippen LogP) is 10.4. The number of nitrogens with zero attached hydrogens (tertiary/aromatic N) is 2. The van der Waals surface area contributed by atoms with Gasteiger partial charge in [-0.3, -0.25) is 0 Å². The normalized spacial score (nSPS) is 11.9. The minimum atomic E-state index is 0.134. The highest BCUT2D eigenvalue weighted by atomic mass is 16.5. The predicted molar refractivity (Wildman–Crippen MR) is 212 cm³/mol. The van der Waals surface area contributed by atoms with Gasteiger partial charge in [0.25, 0.3) is 0 Å². The highest BCUT2D eigenvalue weighted by molar-refractivity contribution is 6.00. The molecule has 2 aliphatic heterocycles. The van der Waals surface area contributed by atoms with Crippen molar-refractivity contribution in [2.45, 2.75) is 0 Å². The smallest absolute Gasteiger partial charge is 0.119 e. The van der Waals surface area contributed by atoms with Gasteiger partial charge in [-0.1, -0.05) is 48.5 Å². The summed E-state index contributed by atoms with van der Waals surface area (Å²) in [5.74, 6) is 1.13. The van der Waals surface area contributed by atoms with Gasteiger partial charge < -0.3 is 30.0 Å². The zero-order valence-electron chi connectivity index (χ0n) is 28.5. The molecule has 8 bridgehead atoms. The van der Waals surface area contributed by atoms with Gasteiger partial charge in [-0.05, 0) is 119 Å². The summed E-state index contributed by atoms with van der Waals surface area (Å²) in [6.45, 7) is 0. The number of phenolic OH excluding ortho intramolecular Hbond substituents is 3. The third kappa shape index (κ3) is 5.78. The summed E-state index contributed by atoms with van der Waals surface area (Å²) in [7, 11) is 1.65. The average Bonchev–Trinajstić information content (AvgIpc) is 4.00. The topological polar surface area (TPSA) is 127 Å². The molecule has 3 aromatic heterocycles. The Hall–Kier alpha value is -7.32. The lowest BCUT2D eigenvalue weighted by atomic mass is 10.0. The molecule has 53 heavy (non-hydrogen) atoms. The van der Waals surface area contributed by atoms with E-state index in [-0.39, 0.29) is 17.2 Å². The summed E-state index contributed by atoms with van der Waals surface area (Å²) in [4.78, 5) is 17.8. The van der Waals surface area contributed by atoms with Gasteiger partial charge in [-0.25, -0.2) is 9.97 Å². The van der Waals surface area contributed by atoms with Crippen LogP contribution in [0, 0.1) is 0 Å². The van der Waals surface area contributed by atoms with Gasteiger partial charge in [0.05, 0.1) is 29.9 Å². The molecule has 5 heterocycles. The van der Waals surface area contributed by atoms with Gasteiger partial charge in [0.15, 0.2) is 0 Å². The van der Waals surface area contributed by atoms with Gasteiger partial charge in [0, 0.05) is 44.3 Å². The van der Waals surface area contributed by atoms with E-state index in [9.17, 15) is 15.3 Å².